The third-order valence-corrected chi connectivity index (χ3v) is 5.92. The lowest BCUT2D eigenvalue weighted by Crippen LogP contribution is -2.34. The van der Waals surface area contributed by atoms with E-state index in [1.807, 2.05) is 67.3 Å². The van der Waals surface area contributed by atoms with Crippen LogP contribution in [-0.4, -0.2) is 56.1 Å². The number of hydrogen-bond donors (Lipinski definition) is 0. The highest BCUT2D eigenvalue weighted by Crippen LogP contribution is 2.31. The average Bonchev–Trinajstić information content (AvgIpc) is 3.44. The Morgan fingerprint density at radius 2 is 1.97 bits per heavy atom. The van der Waals surface area contributed by atoms with Crippen molar-refractivity contribution in [3.05, 3.63) is 78.0 Å². The maximum Gasteiger partial charge on any atom is 0.251 e. The lowest BCUT2D eigenvalue weighted by molar-refractivity contribution is -0.132. The molecule has 1 aliphatic heterocycles. The molecule has 2 aromatic carbocycles. The number of benzene rings is 2. The summed E-state index contributed by atoms with van der Waals surface area (Å²) in [5.74, 6) is 0.708. The lowest BCUT2D eigenvalue weighted by atomic mass is 9.99. The molecule has 0 bridgehead atoms. The van der Waals surface area contributed by atoms with E-state index in [1.54, 1.807) is 23.0 Å². The smallest absolute Gasteiger partial charge is 0.251 e. The number of ether oxygens (including phenoxy) is 1. The Morgan fingerprint density at radius 3 is 2.75 bits per heavy atom. The maximum atomic E-state index is 13.2. The fraction of sp³-hybridized carbons (Fsp3) is 0.250. The summed E-state index contributed by atoms with van der Waals surface area (Å²) in [5, 5.41) is 8.72. The van der Waals surface area contributed by atoms with Gasteiger partial charge in [-0.15, -0.1) is 5.10 Å². The minimum atomic E-state index is -0.532. The number of amides is 1. The summed E-state index contributed by atoms with van der Waals surface area (Å²) >= 11 is 0. The molecule has 2 aromatic heterocycles. The van der Waals surface area contributed by atoms with E-state index in [-0.39, 0.29) is 5.91 Å². The molecule has 1 aliphatic rings. The average molecular weight is 428 g/mol. The zero-order valence-corrected chi connectivity index (χ0v) is 18.3. The number of nitrogens with zero attached hydrogens (tertiary/aromatic N) is 6. The summed E-state index contributed by atoms with van der Waals surface area (Å²) in [5.41, 5.74) is 5.48. The van der Waals surface area contributed by atoms with E-state index in [2.05, 4.69) is 21.4 Å². The van der Waals surface area contributed by atoms with Crippen molar-refractivity contribution < 1.29 is 9.53 Å². The van der Waals surface area contributed by atoms with Gasteiger partial charge in [0.15, 0.2) is 6.04 Å². The highest BCUT2D eigenvalue weighted by Gasteiger charge is 2.31. The van der Waals surface area contributed by atoms with Gasteiger partial charge in [0, 0.05) is 25.4 Å². The van der Waals surface area contributed by atoms with Crippen molar-refractivity contribution in [1.29, 1.82) is 0 Å². The molecule has 32 heavy (non-hydrogen) atoms. The van der Waals surface area contributed by atoms with Gasteiger partial charge in [-0.2, -0.15) is 0 Å². The van der Waals surface area contributed by atoms with Crippen LogP contribution in [0.15, 0.2) is 61.2 Å². The summed E-state index contributed by atoms with van der Waals surface area (Å²) in [4.78, 5) is 19.2. The number of carbonyl (C=O) groups excluding carboxylic acids is 1. The van der Waals surface area contributed by atoms with Crippen molar-refractivity contribution in [3.63, 3.8) is 0 Å². The first-order chi connectivity index (χ1) is 15.5. The normalized spacial score (nSPS) is 16.0. The Balaban J connectivity index is 1.53. The Hall–Kier alpha value is -3.94. The number of methoxy groups -OCH3 is 1. The Labute approximate surface area is 186 Å². The minimum absolute atomic E-state index is 0.00908. The number of imidazole rings is 1. The second kappa shape index (κ2) is 7.96. The molecule has 4 aromatic rings. The van der Waals surface area contributed by atoms with Crippen molar-refractivity contribution in [2.45, 2.75) is 19.4 Å². The van der Waals surface area contributed by atoms with E-state index in [4.69, 9.17) is 4.74 Å². The molecule has 0 radical (unpaired) electrons. The molecule has 0 aliphatic carbocycles. The van der Waals surface area contributed by atoms with Gasteiger partial charge in [-0.05, 0) is 36.6 Å². The van der Waals surface area contributed by atoms with Crippen LogP contribution in [0.5, 0.6) is 5.75 Å². The van der Waals surface area contributed by atoms with Crippen molar-refractivity contribution >= 4 is 5.91 Å². The van der Waals surface area contributed by atoms with Crippen LogP contribution >= 0.6 is 0 Å². The molecular weight excluding hydrogens is 404 g/mol. The molecular formula is C24H24N6O2. The van der Waals surface area contributed by atoms with Crippen molar-refractivity contribution in [1.82, 2.24) is 29.4 Å². The minimum Gasteiger partial charge on any atom is -0.495 e. The highest BCUT2D eigenvalue weighted by atomic mass is 16.5. The third kappa shape index (κ3) is 3.43. The SMILES string of the molecule is COc1cc(-c2cn(C3C(=O)N(C)CCc4ccccc43)nn2)ccc1-n1cnc(C)c1. The van der Waals surface area contributed by atoms with Crippen LogP contribution in [0, 0.1) is 6.92 Å². The largest absolute Gasteiger partial charge is 0.495 e. The molecule has 0 saturated heterocycles. The fourth-order valence-corrected chi connectivity index (χ4v) is 4.16. The van der Waals surface area contributed by atoms with Crippen LogP contribution in [0.4, 0.5) is 0 Å². The molecule has 8 heteroatoms. The fourth-order valence-electron chi connectivity index (χ4n) is 4.16. The van der Waals surface area contributed by atoms with Gasteiger partial charge in [0.05, 0.1) is 31.0 Å². The Morgan fingerprint density at radius 1 is 1.12 bits per heavy atom. The van der Waals surface area contributed by atoms with Gasteiger partial charge in [-0.1, -0.05) is 35.5 Å². The van der Waals surface area contributed by atoms with E-state index in [1.165, 1.54) is 0 Å². The van der Waals surface area contributed by atoms with Crippen LogP contribution < -0.4 is 4.74 Å². The molecule has 0 spiro atoms. The van der Waals surface area contributed by atoms with Crippen LogP contribution in [-0.2, 0) is 11.2 Å². The van der Waals surface area contributed by atoms with Gasteiger partial charge in [0.2, 0.25) is 0 Å². The van der Waals surface area contributed by atoms with E-state index >= 15 is 0 Å². The molecule has 0 N–H and O–H groups in total. The molecule has 1 amide bonds. The second-order valence-corrected chi connectivity index (χ2v) is 8.00. The summed E-state index contributed by atoms with van der Waals surface area (Å²) in [6.45, 7) is 2.63. The highest BCUT2D eigenvalue weighted by molar-refractivity contribution is 5.84. The van der Waals surface area contributed by atoms with Gasteiger partial charge in [0.1, 0.15) is 11.4 Å². The van der Waals surface area contributed by atoms with Crippen LogP contribution in [0.3, 0.4) is 0 Å². The molecule has 3 heterocycles. The summed E-state index contributed by atoms with van der Waals surface area (Å²) in [6.07, 6.45) is 6.35. The standard InChI is InChI=1S/C24H24N6O2/c1-16-13-29(15-25-16)21-9-8-18(12-22(21)32-3)20-14-30(27-26-20)23-19-7-5-4-6-17(19)10-11-28(2)24(23)31/h4-9,12-15,23H,10-11H2,1-3H3. The van der Waals surface area contributed by atoms with E-state index in [0.29, 0.717) is 18.0 Å². The topological polar surface area (TPSA) is 78.1 Å². The predicted octanol–water partition coefficient (Wildman–Crippen LogP) is 3.05. The van der Waals surface area contributed by atoms with Crippen molar-refractivity contribution in [3.8, 4) is 22.7 Å². The van der Waals surface area contributed by atoms with Gasteiger partial charge < -0.3 is 14.2 Å². The zero-order chi connectivity index (χ0) is 22.2. The van der Waals surface area contributed by atoms with Crippen LogP contribution in [0.25, 0.3) is 16.9 Å². The molecule has 8 nitrogen and oxygen atoms in total. The third-order valence-electron chi connectivity index (χ3n) is 5.92. The first-order valence-corrected chi connectivity index (χ1v) is 10.5. The van der Waals surface area contributed by atoms with E-state index < -0.39 is 6.04 Å². The number of aromatic nitrogens is 5. The molecule has 0 fully saturated rings. The summed E-state index contributed by atoms with van der Waals surface area (Å²) in [7, 11) is 3.47. The summed E-state index contributed by atoms with van der Waals surface area (Å²) in [6, 6.07) is 13.4. The monoisotopic (exact) mass is 428 g/mol. The molecule has 0 saturated carbocycles. The van der Waals surface area contributed by atoms with Gasteiger partial charge >= 0.3 is 0 Å². The van der Waals surface area contributed by atoms with Gasteiger partial charge in [-0.3, -0.25) is 4.79 Å². The number of fused-ring (bicyclic) bond motifs is 1. The van der Waals surface area contributed by atoms with Crippen molar-refractivity contribution in [2.75, 3.05) is 20.7 Å². The maximum absolute atomic E-state index is 13.2. The Bertz CT molecular complexity index is 1290. The van der Waals surface area contributed by atoms with Crippen LogP contribution in [0.1, 0.15) is 22.9 Å². The number of hydrogen-bond acceptors (Lipinski definition) is 5. The second-order valence-electron chi connectivity index (χ2n) is 8.00. The molecule has 5 rings (SSSR count). The first-order valence-electron chi connectivity index (χ1n) is 10.5. The molecule has 1 unspecified atom stereocenters. The first kappa shape index (κ1) is 20.0. The number of aryl methyl sites for hydroxylation is 1. The van der Waals surface area contributed by atoms with Gasteiger partial charge in [-0.25, -0.2) is 9.67 Å². The zero-order valence-electron chi connectivity index (χ0n) is 18.3. The summed E-state index contributed by atoms with van der Waals surface area (Å²) < 4.78 is 9.21. The van der Waals surface area contributed by atoms with E-state index in [9.17, 15) is 4.79 Å². The predicted molar refractivity (Wildman–Crippen MR) is 120 cm³/mol. The number of carbonyl (C=O) groups is 1. The molecule has 162 valence electrons. The lowest BCUT2D eigenvalue weighted by Gasteiger charge is -2.20. The van der Waals surface area contributed by atoms with Gasteiger partial charge in [0.25, 0.3) is 5.91 Å². The number of likely N-dealkylation sites (N-methyl/N-ethyl adjacent to an activating group) is 1. The number of rotatable bonds is 4. The van der Waals surface area contributed by atoms with Crippen molar-refractivity contribution in [2.24, 2.45) is 0 Å². The quantitative estimate of drug-likeness (QED) is 0.499. The van der Waals surface area contributed by atoms with Crippen LogP contribution in [0.2, 0.25) is 0 Å². The van der Waals surface area contributed by atoms with E-state index in [0.717, 1.165) is 34.5 Å². The Kier molecular flexibility index (Phi) is 4.97. The molecule has 1 atom stereocenters.